The van der Waals surface area contributed by atoms with Gasteiger partial charge < -0.3 is 14.8 Å². The van der Waals surface area contributed by atoms with E-state index in [1.54, 1.807) is 0 Å². The molecule has 110 valence electrons. The summed E-state index contributed by atoms with van der Waals surface area (Å²) in [4.78, 5) is 4.54. The third kappa shape index (κ3) is 1.65. The topological polar surface area (TPSA) is 43.4 Å². The number of nitrogens with one attached hydrogen (secondary N) is 1. The molecule has 21 heavy (non-hydrogen) atoms. The van der Waals surface area contributed by atoms with Crippen molar-refractivity contribution in [3.63, 3.8) is 0 Å². The Morgan fingerprint density at radius 3 is 2.43 bits per heavy atom. The van der Waals surface area contributed by atoms with Crippen molar-refractivity contribution in [2.45, 2.75) is 33.7 Å². The van der Waals surface area contributed by atoms with Gasteiger partial charge in [-0.3, -0.25) is 0 Å². The molecule has 1 aliphatic carbocycles. The quantitative estimate of drug-likeness (QED) is 0.910. The lowest BCUT2D eigenvalue weighted by molar-refractivity contribution is 0.174. The molecular formula is C17H20N2O2. The van der Waals surface area contributed by atoms with E-state index in [4.69, 9.17) is 9.47 Å². The van der Waals surface area contributed by atoms with Gasteiger partial charge in [-0.15, -0.1) is 0 Å². The van der Waals surface area contributed by atoms with E-state index >= 15 is 0 Å². The Bertz CT molecular complexity index is 723. The number of rotatable bonds is 2. The molecule has 2 heterocycles. The highest BCUT2D eigenvalue weighted by atomic mass is 16.7. The highest BCUT2D eigenvalue weighted by Gasteiger charge is 2.65. The SMILES string of the molecule is CC1(C)C(Nc2nccc3cc4c(cc23)OCO4)C1(C)C. The average Bonchev–Trinajstić information content (AvgIpc) is 2.80. The predicted octanol–water partition coefficient (Wildman–Crippen LogP) is 3.81. The second-order valence-corrected chi connectivity index (χ2v) is 7.11. The van der Waals surface area contributed by atoms with Gasteiger partial charge in [0.2, 0.25) is 6.79 Å². The third-order valence-corrected chi connectivity index (χ3v) is 5.56. The molecule has 2 aromatic rings. The van der Waals surface area contributed by atoms with Gasteiger partial charge >= 0.3 is 0 Å². The van der Waals surface area contributed by atoms with Gasteiger partial charge in [-0.2, -0.15) is 0 Å². The molecule has 4 heteroatoms. The van der Waals surface area contributed by atoms with Crippen LogP contribution in [0.1, 0.15) is 27.7 Å². The molecule has 0 unspecified atom stereocenters. The summed E-state index contributed by atoms with van der Waals surface area (Å²) in [7, 11) is 0. The first-order valence-corrected chi connectivity index (χ1v) is 7.36. The molecular weight excluding hydrogens is 264 g/mol. The molecule has 4 nitrogen and oxygen atoms in total. The smallest absolute Gasteiger partial charge is 0.231 e. The Morgan fingerprint density at radius 1 is 1.10 bits per heavy atom. The van der Waals surface area contributed by atoms with Crippen LogP contribution in [0.25, 0.3) is 10.8 Å². The molecule has 0 spiro atoms. The first-order chi connectivity index (χ1) is 9.91. The molecule has 1 aliphatic heterocycles. The fourth-order valence-electron chi connectivity index (χ4n) is 3.37. The lowest BCUT2D eigenvalue weighted by Gasteiger charge is -2.11. The molecule has 2 aliphatic rings. The summed E-state index contributed by atoms with van der Waals surface area (Å²) >= 11 is 0. The van der Waals surface area contributed by atoms with E-state index in [-0.39, 0.29) is 10.8 Å². The normalized spacial score (nSPS) is 21.5. The number of aromatic nitrogens is 1. The molecule has 0 bridgehead atoms. The zero-order valence-corrected chi connectivity index (χ0v) is 12.9. The van der Waals surface area contributed by atoms with Gasteiger partial charge in [-0.1, -0.05) is 27.7 Å². The van der Waals surface area contributed by atoms with Crippen molar-refractivity contribution in [3.8, 4) is 11.5 Å². The largest absolute Gasteiger partial charge is 0.454 e. The van der Waals surface area contributed by atoms with Gasteiger partial charge in [0.1, 0.15) is 5.82 Å². The number of fused-ring (bicyclic) bond motifs is 2. The minimum atomic E-state index is 0.271. The van der Waals surface area contributed by atoms with E-state index in [0.29, 0.717) is 12.8 Å². The molecule has 1 aromatic heterocycles. The molecule has 1 saturated carbocycles. The second-order valence-electron chi connectivity index (χ2n) is 7.11. The number of ether oxygens (including phenoxy) is 2. The minimum absolute atomic E-state index is 0.271. The molecule has 1 N–H and O–H groups in total. The van der Waals surface area contributed by atoms with E-state index in [0.717, 1.165) is 28.1 Å². The van der Waals surface area contributed by atoms with Crippen molar-refractivity contribution < 1.29 is 9.47 Å². The number of benzene rings is 1. The second kappa shape index (κ2) is 3.81. The highest BCUT2D eigenvalue weighted by molar-refractivity contribution is 5.94. The standard InChI is InChI=1S/C17H20N2O2/c1-16(2)15(17(16,3)4)19-14-11-8-13-12(20-9-21-13)7-10(11)5-6-18-14/h5-8,15H,9H2,1-4H3,(H,18,19). The average molecular weight is 284 g/mol. The Balaban J connectivity index is 1.76. The van der Waals surface area contributed by atoms with E-state index in [9.17, 15) is 0 Å². The van der Waals surface area contributed by atoms with Crippen LogP contribution in [-0.2, 0) is 0 Å². The van der Waals surface area contributed by atoms with Crippen molar-refractivity contribution in [1.82, 2.24) is 4.98 Å². The van der Waals surface area contributed by atoms with Crippen molar-refractivity contribution in [2.24, 2.45) is 10.8 Å². The van der Waals surface area contributed by atoms with E-state index in [1.165, 1.54) is 0 Å². The lowest BCUT2D eigenvalue weighted by Crippen LogP contribution is -2.11. The predicted molar refractivity (Wildman–Crippen MR) is 82.8 cm³/mol. The highest BCUT2D eigenvalue weighted by Crippen LogP contribution is 2.63. The monoisotopic (exact) mass is 284 g/mol. The molecule has 0 amide bonds. The first-order valence-electron chi connectivity index (χ1n) is 7.36. The maximum absolute atomic E-state index is 5.49. The van der Waals surface area contributed by atoms with Gasteiger partial charge in [0.15, 0.2) is 11.5 Å². The first kappa shape index (κ1) is 12.7. The van der Waals surface area contributed by atoms with Gasteiger partial charge in [-0.05, 0) is 34.4 Å². The molecule has 0 saturated heterocycles. The maximum Gasteiger partial charge on any atom is 0.231 e. The summed E-state index contributed by atoms with van der Waals surface area (Å²) in [5.74, 6) is 2.54. The van der Waals surface area contributed by atoms with E-state index in [2.05, 4.69) is 38.0 Å². The Morgan fingerprint density at radius 2 is 1.76 bits per heavy atom. The summed E-state index contributed by atoms with van der Waals surface area (Å²) in [6.07, 6.45) is 1.84. The number of nitrogens with zero attached hydrogens (tertiary/aromatic N) is 1. The van der Waals surface area contributed by atoms with Gasteiger partial charge in [0.25, 0.3) is 0 Å². The maximum atomic E-state index is 5.49. The van der Waals surface area contributed by atoms with Crippen LogP contribution >= 0.6 is 0 Å². The fourth-order valence-corrected chi connectivity index (χ4v) is 3.37. The zero-order valence-electron chi connectivity index (χ0n) is 12.9. The van der Waals surface area contributed by atoms with Crippen LogP contribution in [0.3, 0.4) is 0 Å². The van der Waals surface area contributed by atoms with Crippen LogP contribution in [0.4, 0.5) is 5.82 Å². The Kier molecular flexibility index (Phi) is 2.31. The summed E-state index contributed by atoms with van der Waals surface area (Å²) < 4.78 is 10.9. The number of hydrogen-bond donors (Lipinski definition) is 1. The van der Waals surface area contributed by atoms with Gasteiger partial charge in [0.05, 0.1) is 0 Å². The van der Waals surface area contributed by atoms with Crippen LogP contribution in [0.2, 0.25) is 0 Å². The van der Waals surface area contributed by atoms with E-state index < -0.39 is 0 Å². The van der Waals surface area contributed by atoms with Crippen LogP contribution < -0.4 is 14.8 Å². The summed E-state index contributed by atoms with van der Waals surface area (Å²) in [5, 5.41) is 5.83. The summed E-state index contributed by atoms with van der Waals surface area (Å²) in [6, 6.07) is 6.47. The van der Waals surface area contributed by atoms with Gasteiger partial charge in [-0.25, -0.2) is 4.98 Å². The van der Waals surface area contributed by atoms with Crippen molar-refractivity contribution >= 4 is 16.6 Å². The minimum Gasteiger partial charge on any atom is -0.454 e. The van der Waals surface area contributed by atoms with Crippen LogP contribution in [0.15, 0.2) is 24.4 Å². The third-order valence-electron chi connectivity index (χ3n) is 5.56. The van der Waals surface area contributed by atoms with E-state index in [1.807, 2.05) is 24.4 Å². The molecule has 0 atom stereocenters. The molecule has 0 radical (unpaired) electrons. The van der Waals surface area contributed by atoms with Crippen molar-refractivity contribution in [3.05, 3.63) is 24.4 Å². The van der Waals surface area contributed by atoms with Crippen LogP contribution in [0, 0.1) is 10.8 Å². The fraction of sp³-hybridized carbons (Fsp3) is 0.471. The van der Waals surface area contributed by atoms with Crippen molar-refractivity contribution in [2.75, 3.05) is 12.1 Å². The number of hydrogen-bond acceptors (Lipinski definition) is 4. The lowest BCUT2D eigenvalue weighted by atomic mass is 10.0. The Hall–Kier alpha value is -1.97. The molecule has 1 aromatic carbocycles. The molecule has 1 fully saturated rings. The summed E-state index contributed by atoms with van der Waals surface area (Å²) in [5.41, 5.74) is 0.542. The zero-order chi connectivity index (χ0) is 14.8. The Labute approximate surface area is 124 Å². The number of anilines is 1. The van der Waals surface area contributed by atoms with Gasteiger partial charge in [0, 0.05) is 17.6 Å². The summed E-state index contributed by atoms with van der Waals surface area (Å²) in [6.45, 7) is 9.48. The van der Waals surface area contributed by atoms with Crippen LogP contribution in [-0.4, -0.2) is 17.8 Å². The number of pyridine rings is 1. The van der Waals surface area contributed by atoms with Crippen LogP contribution in [0.5, 0.6) is 11.5 Å². The van der Waals surface area contributed by atoms with Crippen molar-refractivity contribution in [1.29, 1.82) is 0 Å². The molecule has 4 rings (SSSR count).